The summed E-state index contributed by atoms with van der Waals surface area (Å²) in [5.41, 5.74) is 0. The van der Waals surface area contributed by atoms with Crippen molar-refractivity contribution in [2.45, 2.75) is 132 Å². The predicted molar refractivity (Wildman–Crippen MR) is 129 cm³/mol. The van der Waals surface area contributed by atoms with E-state index in [1.807, 2.05) is 0 Å². The third kappa shape index (κ3) is 8.02. The first-order chi connectivity index (χ1) is 13.4. The molecule has 2 fully saturated rings. The van der Waals surface area contributed by atoms with Gasteiger partial charge in [-0.15, -0.1) is 0 Å². The van der Waals surface area contributed by atoms with Crippen LogP contribution in [-0.2, 0) is 0 Å². The topological polar surface area (TPSA) is 0 Å². The zero-order valence-corrected chi connectivity index (χ0v) is 21.1. The zero-order chi connectivity index (χ0) is 21.1. The third-order valence-electron chi connectivity index (χ3n) is 9.33. The van der Waals surface area contributed by atoms with Crippen LogP contribution in [0.15, 0.2) is 0 Å². The molecule has 4 unspecified atom stereocenters. The van der Waals surface area contributed by atoms with Gasteiger partial charge >= 0.3 is 0 Å². The van der Waals surface area contributed by atoms with E-state index in [1.165, 1.54) is 77.0 Å². The quantitative estimate of drug-likeness (QED) is 0.385. The van der Waals surface area contributed by atoms with Crippen molar-refractivity contribution in [1.82, 2.24) is 0 Å². The molecule has 0 nitrogen and oxygen atoms in total. The molecule has 2 rings (SSSR count). The summed E-state index contributed by atoms with van der Waals surface area (Å²) in [5.74, 6) is 8.08. The van der Waals surface area contributed by atoms with Crippen LogP contribution in [0.2, 0.25) is 0 Å². The third-order valence-corrected chi connectivity index (χ3v) is 9.33. The van der Waals surface area contributed by atoms with Crippen LogP contribution in [0.5, 0.6) is 0 Å². The van der Waals surface area contributed by atoms with Gasteiger partial charge in [0.05, 0.1) is 0 Å². The molecular formula is C28H56. The van der Waals surface area contributed by atoms with E-state index in [2.05, 4.69) is 55.4 Å². The molecule has 0 spiro atoms. The van der Waals surface area contributed by atoms with E-state index in [1.54, 1.807) is 0 Å². The van der Waals surface area contributed by atoms with Crippen LogP contribution in [0.3, 0.4) is 0 Å². The minimum absolute atomic E-state index is 0.958. The smallest absolute Gasteiger partial charge is 0.0386 e. The second-order valence-electron chi connectivity index (χ2n) is 10.7. The highest BCUT2D eigenvalue weighted by atomic mass is 14.3. The second kappa shape index (κ2) is 14.1. The van der Waals surface area contributed by atoms with E-state index < -0.39 is 0 Å². The minimum atomic E-state index is 0.958. The molecule has 0 N–H and O–H groups in total. The van der Waals surface area contributed by atoms with Crippen LogP contribution in [0.4, 0.5) is 0 Å². The van der Waals surface area contributed by atoms with Crippen LogP contribution < -0.4 is 0 Å². The van der Waals surface area contributed by atoms with Crippen molar-refractivity contribution in [3.63, 3.8) is 0 Å². The Balaban J connectivity index is 0.000000292. The van der Waals surface area contributed by atoms with Crippen molar-refractivity contribution < 1.29 is 0 Å². The lowest BCUT2D eigenvalue weighted by molar-refractivity contribution is 0.152. The molecule has 0 heteroatoms. The first kappa shape index (κ1) is 26.0. The van der Waals surface area contributed by atoms with E-state index in [0.717, 1.165) is 47.3 Å². The fourth-order valence-electron chi connectivity index (χ4n) is 6.44. The summed E-state index contributed by atoms with van der Waals surface area (Å²) in [6, 6.07) is 0. The van der Waals surface area contributed by atoms with Gasteiger partial charge in [-0.2, -0.15) is 0 Å². The normalized spacial score (nSPS) is 32.1. The molecule has 0 aliphatic heterocycles. The maximum absolute atomic E-state index is 2.43. The summed E-state index contributed by atoms with van der Waals surface area (Å²) in [6.45, 7) is 19.1. The Labute approximate surface area is 180 Å². The van der Waals surface area contributed by atoms with E-state index in [9.17, 15) is 0 Å². The summed E-state index contributed by atoms with van der Waals surface area (Å²) in [4.78, 5) is 0. The summed E-state index contributed by atoms with van der Waals surface area (Å²) < 4.78 is 0. The maximum atomic E-state index is 2.43. The van der Waals surface area contributed by atoms with Gasteiger partial charge in [-0.1, -0.05) is 93.9 Å². The maximum Gasteiger partial charge on any atom is -0.0386 e. The zero-order valence-electron chi connectivity index (χ0n) is 21.1. The lowest BCUT2D eigenvalue weighted by Gasteiger charge is -2.36. The summed E-state index contributed by atoms with van der Waals surface area (Å²) in [6.07, 6.45) is 17.5. The molecule has 28 heavy (non-hydrogen) atoms. The van der Waals surface area contributed by atoms with Crippen molar-refractivity contribution in [1.29, 1.82) is 0 Å². The molecule has 0 saturated heterocycles. The highest BCUT2D eigenvalue weighted by Gasteiger charge is 2.29. The van der Waals surface area contributed by atoms with Gasteiger partial charge in [-0.05, 0) is 85.9 Å². The van der Waals surface area contributed by atoms with Crippen LogP contribution >= 0.6 is 0 Å². The van der Waals surface area contributed by atoms with Gasteiger partial charge in [0.1, 0.15) is 0 Å². The molecule has 2 saturated carbocycles. The van der Waals surface area contributed by atoms with Crippen molar-refractivity contribution >= 4 is 0 Å². The first-order valence-electron chi connectivity index (χ1n) is 13.4. The van der Waals surface area contributed by atoms with Crippen LogP contribution in [0.25, 0.3) is 0 Å². The lowest BCUT2D eigenvalue weighted by Crippen LogP contribution is -2.25. The van der Waals surface area contributed by atoms with Gasteiger partial charge in [0.2, 0.25) is 0 Å². The van der Waals surface area contributed by atoms with Crippen molar-refractivity contribution in [2.24, 2.45) is 47.3 Å². The molecule has 168 valence electrons. The molecule has 0 amide bonds. The van der Waals surface area contributed by atoms with Crippen molar-refractivity contribution in [3.05, 3.63) is 0 Å². The van der Waals surface area contributed by atoms with Crippen LogP contribution in [-0.4, -0.2) is 0 Å². The SMILES string of the molecule is CCC(C)C1CCC(C)C(C)C1.CCC(CC)C1CCC(C(CC)CC)CC1. The number of hydrogen-bond donors (Lipinski definition) is 0. The molecule has 0 aromatic heterocycles. The van der Waals surface area contributed by atoms with Gasteiger partial charge in [0.15, 0.2) is 0 Å². The standard InChI is InChI=1S/C16H32.C12H24/c1-5-13(6-2)15-9-11-16(12-10-15)14(7-3)8-4;1-5-9(2)12-7-6-10(3)11(4)8-12/h13-16H,5-12H2,1-4H3;9-12H,5-8H2,1-4H3. The monoisotopic (exact) mass is 392 g/mol. The molecule has 4 atom stereocenters. The van der Waals surface area contributed by atoms with Gasteiger partial charge in [0, 0.05) is 0 Å². The Morgan fingerprint density at radius 1 is 0.536 bits per heavy atom. The minimum Gasteiger partial charge on any atom is -0.0651 e. The average molecular weight is 393 g/mol. The fraction of sp³-hybridized carbons (Fsp3) is 1.00. The van der Waals surface area contributed by atoms with Crippen LogP contribution in [0, 0.1) is 47.3 Å². The molecule has 0 bridgehead atoms. The Morgan fingerprint density at radius 2 is 0.929 bits per heavy atom. The summed E-state index contributed by atoms with van der Waals surface area (Å²) in [7, 11) is 0. The van der Waals surface area contributed by atoms with E-state index in [0.29, 0.717) is 0 Å². The molecule has 0 radical (unpaired) electrons. The molecule has 0 aromatic carbocycles. The van der Waals surface area contributed by atoms with Gasteiger partial charge in [-0.3, -0.25) is 0 Å². The first-order valence-corrected chi connectivity index (χ1v) is 13.4. The fourth-order valence-corrected chi connectivity index (χ4v) is 6.44. The predicted octanol–water partition coefficient (Wildman–Crippen LogP) is 9.77. The highest BCUT2D eigenvalue weighted by molar-refractivity contribution is 4.80. The second-order valence-corrected chi connectivity index (χ2v) is 10.7. The van der Waals surface area contributed by atoms with E-state index in [-0.39, 0.29) is 0 Å². The van der Waals surface area contributed by atoms with E-state index >= 15 is 0 Å². The average Bonchev–Trinajstić information content (AvgIpc) is 2.73. The number of hydrogen-bond acceptors (Lipinski definition) is 0. The molecule has 0 aromatic rings. The van der Waals surface area contributed by atoms with E-state index in [4.69, 9.17) is 0 Å². The molecular weight excluding hydrogens is 336 g/mol. The van der Waals surface area contributed by atoms with Crippen molar-refractivity contribution in [3.8, 4) is 0 Å². The molecule has 2 aliphatic carbocycles. The Morgan fingerprint density at radius 3 is 1.25 bits per heavy atom. The number of rotatable bonds is 8. The largest absolute Gasteiger partial charge is 0.0651 e. The molecule has 0 heterocycles. The Hall–Kier alpha value is 0. The Kier molecular flexibility index (Phi) is 13.1. The molecule has 2 aliphatic rings. The summed E-state index contributed by atoms with van der Waals surface area (Å²) in [5, 5.41) is 0. The van der Waals surface area contributed by atoms with Crippen LogP contribution in [0.1, 0.15) is 132 Å². The van der Waals surface area contributed by atoms with Gasteiger partial charge in [0.25, 0.3) is 0 Å². The lowest BCUT2D eigenvalue weighted by atomic mass is 9.70. The van der Waals surface area contributed by atoms with Crippen molar-refractivity contribution in [2.75, 3.05) is 0 Å². The highest BCUT2D eigenvalue weighted by Crippen LogP contribution is 2.40. The Bertz CT molecular complexity index is 336. The summed E-state index contributed by atoms with van der Waals surface area (Å²) >= 11 is 0. The van der Waals surface area contributed by atoms with Gasteiger partial charge in [-0.25, -0.2) is 0 Å². The van der Waals surface area contributed by atoms with Gasteiger partial charge < -0.3 is 0 Å².